The average Bonchev–Trinajstić information content (AvgIpc) is 3.23. The van der Waals surface area contributed by atoms with Crippen LogP contribution in [0.2, 0.25) is 0 Å². The topological polar surface area (TPSA) is 61.4 Å². The Balaban J connectivity index is 1.51. The number of likely N-dealkylation sites (tertiary alicyclic amines) is 1. The molecule has 2 amide bonds. The standard InChI is InChI=1S/C21H27N3O2S/c1-16-9-11-24(12-10-16)18(19-8-5-13-27-19)14-22-20(25)15-23-21(26)17-6-3-2-4-7-17/h2-8,13,16,18H,9-12,14-15H2,1H3,(H,22,25)(H,23,26). The van der Waals surface area contributed by atoms with E-state index in [2.05, 4.69) is 40.0 Å². The Morgan fingerprint density at radius 1 is 1.11 bits per heavy atom. The molecule has 1 aliphatic rings. The summed E-state index contributed by atoms with van der Waals surface area (Å²) in [5, 5.41) is 7.76. The molecule has 1 aromatic carbocycles. The summed E-state index contributed by atoms with van der Waals surface area (Å²) in [5.74, 6) is 0.379. The zero-order valence-corrected chi connectivity index (χ0v) is 16.5. The molecule has 1 aliphatic heterocycles. The molecular weight excluding hydrogens is 358 g/mol. The summed E-state index contributed by atoms with van der Waals surface area (Å²) < 4.78 is 0. The molecular formula is C21H27N3O2S. The summed E-state index contributed by atoms with van der Waals surface area (Å²) in [5.41, 5.74) is 0.559. The van der Waals surface area contributed by atoms with Crippen molar-refractivity contribution in [3.8, 4) is 0 Å². The molecule has 6 heteroatoms. The molecule has 3 rings (SSSR count). The Morgan fingerprint density at radius 3 is 2.52 bits per heavy atom. The van der Waals surface area contributed by atoms with Gasteiger partial charge in [-0.1, -0.05) is 31.2 Å². The number of amides is 2. The zero-order chi connectivity index (χ0) is 19.1. The normalized spacial score (nSPS) is 16.6. The van der Waals surface area contributed by atoms with E-state index in [1.165, 1.54) is 17.7 Å². The molecule has 0 saturated carbocycles. The van der Waals surface area contributed by atoms with Crippen LogP contribution in [0.4, 0.5) is 0 Å². The maximum Gasteiger partial charge on any atom is 0.251 e. The first-order chi connectivity index (χ1) is 13.1. The molecule has 0 radical (unpaired) electrons. The van der Waals surface area contributed by atoms with Gasteiger partial charge in [0.1, 0.15) is 0 Å². The van der Waals surface area contributed by atoms with Crippen molar-refractivity contribution in [2.75, 3.05) is 26.2 Å². The molecule has 0 aliphatic carbocycles. The lowest BCUT2D eigenvalue weighted by Crippen LogP contribution is -2.44. The van der Waals surface area contributed by atoms with Crippen molar-refractivity contribution >= 4 is 23.2 Å². The van der Waals surface area contributed by atoms with Crippen molar-refractivity contribution in [3.05, 3.63) is 58.3 Å². The van der Waals surface area contributed by atoms with E-state index in [1.54, 1.807) is 35.6 Å². The highest BCUT2D eigenvalue weighted by atomic mass is 32.1. The molecule has 2 aromatic rings. The van der Waals surface area contributed by atoms with E-state index >= 15 is 0 Å². The highest BCUT2D eigenvalue weighted by Gasteiger charge is 2.25. The lowest BCUT2D eigenvalue weighted by Gasteiger charge is -2.36. The number of hydrogen-bond acceptors (Lipinski definition) is 4. The van der Waals surface area contributed by atoms with E-state index in [0.29, 0.717) is 12.1 Å². The highest BCUT2D eigenvalue weighted by Crippen LogP contribution is 2.28. The van der Waals surface area contributed by atoms with Gasteiger partial charge in [0.25, 0.3) is 5.91 Å². The third-order valence-corrected chi connectivity index (χ3v) is 6.04. The van der Waals surface area contributed by atoms with Crippen molar-refractivity contribution in [3.63, 3.8) is 0 Å². The van der Waals surface area contributed by atoms with Crippen LogP contribution in [-0.4, -0.2) is 42.9 Å². The number of rotatable bonds is 7. The monoisotopic (exact) mass is 385 g/mol. The van der Waals surface area contributed by atoms with Gasteiger partial charge in [0, 0.05) is 17.0 Å². The Labute approximate surface area is 164 Å². The number of carbonyl (C=O) groups is 2. The van der Waals surface area contributed by atoms with Crippen LogP contribution < -0.4 is 10.6 Å². The highest BCUT2D eigenvalue weighted by molar-refractivity contribution is 7.10. The van der Waals surface area contributed by atoms with Gasteiger partial charge in [-0.25, -0.2) is 0 Å². The number of benzene rings is 1. The van der Waals surface area contributed by atoms with Crippen LogP contribution in [0.25, 0.3) is 0 Å². The van der Waals surface area contributed by atoms with Gasteiger partial charge in [-0.05, 0) is 55.4 Å². The van der Waals surface area contributed by atoms with Gasteiger partial charge in [0.2, 0.25) is 5.91 Å². The molecule has 2 heterocycles. The number of thiophene rings is 1. The van der Waals surface area contributed by atoms with Gasteiger partial charge in [-0.2, -0.15) is 0 Å². The van der Waals surface area contributed by atoms with Crippen molar-refractivity contribution in [2.45, 2.75) is 25.8 Å². The smallest absolute Gasteiger partial charge is 0.251 e. The van der Waals surface area contributed by atoms with Gasteiger partial charge in [-0.15, -0.1) is 11.3 Å². The SMILES string of the molecule is CC1CCN(C(CNC(=O)CNC(=O)c2ccccc2)c2cccs2)CC1. The molecule has 0 bridgehead atoms. The van der Waals surface area contributed by atoms with Crippen molar-refractivity contribution < 1.29 is 9.59 Å². The van der Waals surface area contributed by atoms with E-state index < -0.39 is 0 Å². The molecule has 1 atom stereocenters. The molecule has 5 nitrogen and oxygen atoms in total. The third-order valence-electron chi connectivity index (χ3n) is 5.07. The Morgan fingerprint density at radius 2 is 1.85 bits per heavy atom. The second-order valence-corrected chi connectivity index (χ2v) is 8.08. The Bertz CT molecular complexity index is 725. The quantitative estimate of drug-likeness (QED) is 0.770. The molecule has 27 heavy (non-hydrogen) atoms. The first-order valence-electron chi connectivity index (χ1n) is 9.51. The first kappa shape index (κ1) is 19.6. The van der Waals surface area contributed by atoms with Crippen LogP contribution in [0.15, 0.2) is 47.8 Å². The number of carbonyl (C=O) groups excluding carboxylic acids is 2. The fraction of sp³-hybridized carbons (Fsp3) is 0.429. The predicted octanol–water partition coefficient (Wildman–Crippen LogP) is 3.07. The van der Waals surface area contributed by atoms with Crippen LogP contribution in [0, 0.1) is 5.92 Å². The molecule has 1 saturated heterocycles. The maximum atomic E-state index is 12.2. The second-order valence-electron chi connectivity index (χ2n) is 7.10. The fourth-order valence-electron chi connectivity index (χ4n) is 3.36. The first-order valence-corrected chi connectivity index (χ1v) is 10.4. The van der Waals surface area contributed by atoms with Crippen LogP contribution >= 0.6 is 11.3 Å². The van der Waals surface area contributed by atoms with Gasteiger partial charge in [0.15, 0.2) is 0 Å². The minimum atomic E-state index is -0.231. The van der Waals surface area contributed by atoms with Crippen molar-refractivity contribution in [1.82, 2.24) is 15.5 Å². The summed E-state index contributed by atoms with van der Waals surface area (Å²) in [6.07, 6.45) is 2.39. The largest absolute Gasteiger partial charge is 0.353 e. The van der Waals surface area contributed by atoms with E-state index in [9.17, 15) is 9.59 Å². The maximum absolute atomic E-state index is 12.2. The number of piperidine rings is 1. The second kappa shape index (κ2) is 9.67. The van der Waals surface area contributed by atoms with Crippen LogP contribution in [0.5, 0.6) is 0 Å². The van der Waals surface area contributed by atoms with Gasteiger partial charge >= 0.3 is 0 Å². The number of hydrogen-bond donors (Lipinski definition) is 2. The fourth-order valence-corrected chi connectivity index (χ4v) is 4.22. The van der Waals surface area contributed by atoms with E-state index in [-0.39, 0.29) is 24.4 Å². The van der Waals surface area contributed by atoms with Crippen molar-refractivity contribution in [1.29, 1.82) is 0 Å². The minimum Gasteiger partial charge on any atom is -0.353 e. The molecule has 1 fully saturated rings. The van der Waals surface area contributed by atoms with E-state index in [1.807, 2.05) is 6.07 Å². The Kier molecular flexibility index (Phi) is 7.01. The van der Waals surface area contributed by atoms with E-state index in [0.717, 1.165) is 19.0 Å². The average molecular weight is 386 g/mol. The summed E-state index contributed by atoms with van der Waals surface area (Å²) >= 11 is 1.73. The molecule has 2 N–H and O–H groups in total. The minimum absolute atomic E-state index is 0.0120. The molecule has 1 unspecified atom stereocenters. The lowest BCUT2D eigenvalue weighted by atomic mass is 9.97. The third kappa shape index (κ3) is 5.65. The summed E-state index contributed by atoms with van der Waals surface area (Å²) in [6.45, 7) is 4.97. The molecule has 1 aromatic heterocycles. The van der Waals surface area contributed by atoms with Gasteiger partial charge in [-0.3, -0.25) is 14.5 Å². The molecule has 144 valence electrons. The van der Waals surface area contributed by atoms with Gasteiger partial charge < -0.3 is 10.6 Å². The summed E-state index contributed by atoms with van der Waals surface area (Å²) in [7, 11) is 0. The number of nitrogens with one attached hydrogen (secondary N) is 2. The summed E-state index contributed by atoms with van der Waals surface area (Å²) in [4.78, 5) is 28.0. The van der Waals surface area contributed by atoms with Crippen LogP contribution in [-0.2, 0) is 4.79 Å². The van der Waals surface area contributed by atoms with Crippen molar-refractivity contribution in [2.24, 2.45) is 5.92 Å². The van der Waals surface area contributed by atoms with Crippen LogP contribution in [0.3, 0.4) is 0 Å². The van der Waals surface area contributed by atoms with Gasteiger partial charge in [0.05, 0.1) is 12.6 Å². The summed E-state index contributed by atoms with van der Waals surface area (Å²) in [6, 6.07) is 13.3. The zero-order valence-electron chi connectivity index (χ0n) is 15.7. The Hall–Kier alpha value is -2.18. The lowest BCUT2D eigenvalue weighted by molar-refractivity contribution is -0.120. The molecule has 0 spiro atoms. The van der Waals surface area contributed by atoms with E-state index in [4.69, 9.17) is 0 Å². The number of nitrogens with zero attached hydrogens (tertiary/aromatic N) is 1. The predicted molar refractivity (Wildman–Crippen MR) is 109 cm³/mol. The van der Waals surface area contributed by atoms with Crippen LogP contribution in [0.1, 0.15) is 41.0 Å².